The highest BCUT2D eigenvalue weighted by Crippen LogP contribution is 2.19. The minimum absolute atomic E-state index is 0. The quantitative estimate of drug-likeness (QED) is 0.313. The van der Waals surface area contributed by atoms with E-state index in [9.17, 15) is 0 Å². The van der Waals surface area contributed by atoms with Gasteiger partial charge < -0.3 is 19.9 Å². The Labute approximate surface area is 186 Å². The van der Waals surface area contributed by atoms with Gasteiger partial charge in [-0.05, 0) is 37.8 Å². The molecule has 0 fully saturated rings. The Morgan fingerprint density at radius 2 is 2.07 bits per heavy atom. The number of guanidine groups is 1. The van der Waals surface area contributed by atoms with E-state index in [4.69, 9.17) is 9.73 Å². The van der Waals surface area contributed by atoms with Crippen LogP contribution in [0, 0.1) is 12.8 Å². The highest BCUT2D eigenvalue weighted by Gasteiger charge is 2.06. The predicted octanol–water partition coefficient (Wildman–Crippen LogP) is 3.77. The Hall–Kier alpha value is -1.77. The predicted molar refractivity (Wildman–Crippen MR) is 127 cm³/mol. The molecule has 2 rings (SSSR count). The van der Waals surface area contributed by atoms with Crippen LogP contribution in [0.2, 0.25) is 0 Å². The van der Waals surface area contributed by atoms with E-state index in [0.29, 0.717) is 12.5 Å². The summed E-state index contributed by atoms with van der Waals surface area (Å²) in [6.07, 6.45) is 4.74. The first-order valence-corrected chi connectivity index (χ1v) is 9.69. The van der Waals surface area contributed by atoms with Gasteiger partial charge in [-0.15, -0.1) is 24.0 Å². The third kappa shape index (κ3) is 7.69. The molecule has 0 spiro atoms. The highest BCUT2D eigenvalue weighted by molar-refractivity contribution is 14.0. The van der Waals surface area contributed by atoms with E-state index in [1.165, 1.54) is 11.1 Å². The zero-order valence-electron chi connectivity index (χ0n) is 17.7. The van der Waals surface area contributed by atoms with Gasteiger partial charge in [-0.2, -0.15) is 0 Å². The maximum Gasteiger partial charge on any atom is 0.191 e. The van der Waals surface area contributed by atoms with Gasteiger partial charge in [-0.1, -0.05) is 31.5 Å². The van der Waals surface area contributed by atoms with Crippen LogP contribution in [0.1, 0.15) is 37.7 Å². The summed E-state index contributed by atoms with van der Waals surface area (Å²) in [5.74, 6) is 3.31. The molecule has 1 aromatic heterocycles. The first kappa shape index (κ1) is 24.3. The number of ether oxygens (including phenoxy) is 1. The molecule has 28 heavy (non-hydrogen) atoms. The second-order valence-corrected chi connectivity index (χ2v) is 7.08. The summed E-state index contributed by atoms with van der Waals surface area (Å²) >= 11 is 0. The largest absolute Gasteiger partial charge is 0.496 e. The smallest absolute Gasteiger partial charge is 0.191 e. The van der Waals surface area contributed by atoms with Crippen LogP contribution in [-0.2, 0) is 19.5 Å². The van der Waals surface area contributed by atoms with Crippen LogP contribution in [0.15, 0.2) is 35.6 Å². The molecule has 0 atom stereocenters. The fourth-order valence-electron chi connectivity index (χ4n) is 2.96. The maximum absolute atomic E-state index is 5.46. The number of halogens is 1. The molecule has 0 radical (unpaired) electrons. The van der Waals surface area contributed by atoms with Crippen molar-refractivity contribution < 1.29 is 4.74 Å². The second kappa shape index (κ2) is 12.6. The van der Waals surface area contributed by atoms with E-state index in [1.807, 2.05) is 18.5 Å². The number of aromatic nitrogens is 2. The average molecular weight is 499 g/mol. The molecule has 1 aromatic carbocycles. The molecular formula is C21H34IN5O. The Bertz CT molecular complexity index is 742. The van der Waals surface area contributed by atoms with Gasteiger partial charge in [0.2, 0.25) is 0 Å². The van der Waals surface area contributed by atoms with Crippen molar-refractivity contribution in [3.63, 3.8) is 0 Å². The van der Waals surface area contributed by atoms with Gasteiger partial charge in [-0.3, -0.25) is 0 Å². The number of aliphatic imine (C=N–C) groups is 1. The Balaban J connectivity index is 0.00000392. The molecule has 0 saturated carbocycles. The molecule has 0 aliphatic rings. The molecule has 2 aromatic rings. The van der Waals surface area contributed by atoms with Crippen molar-refractivity contribution in [3.8, 4) is 5.75 Å². The summed E-state index contributed by atoms with van der Waals surface area (Å²) in [4.78, 5) is 9.14. The first-order chi connectivity index (χ1) is 13.0. The number of nitrogens with zero attached hydrogens (tertiary/aromatic N) is 3. The minimum atomic E-state index is 0. The third-order valence-corrected chi connectivity index (χ3v) is 4.21. The van der Waals surface area contributed by atoms with E-state index in [0.717, 1.165) is 43.6 Å². The van der Waals surface area contributed by atoms with Crippen molar-refractivity contribution in [2.45, 2.75) is 47.2 Å². The lowest BCUT2D eigenvalue weighted by molar-refractivity contribution is 0.409. The Kier molecular flexibility index (Phi) is 11.0. The maximum atomic E-state index is 5.46. The van der Waals surface area contributed by atoms with Gasteiger partial charge in [0, 0.05) is 32.0 Å². The van der Waals surface area contributed by atoms with Gasteiger partial charge >= 0.3 is 0 Å². The number of imidazole rings is 1. The molecule has 0 saturated heterocycles. The van der Waals surface area contributed by atoms with Gasteiger partial charge in [0.05, 0.1) is 7.11 Å². The average Bonchev–Trinajstić information content (AvgIpc) is 3.06. The van der Waals surface area contributed by atoms with Crippen molar-refractivity contribution >= 4 is 29.9 Å². The fraction of sp³-hybridized carbons (Fsp3) is 0.524. The number of benzene rings is 1. The van der Waals surface area contributed by atoms with Gasteiger partial charge in [0.15, 0.2) is 5.96 Å². The van der Waals surface area contributed by atoms with E-state index in [2.05, 4.69) is 60.0 Å². The standard InChI is InChI=1S/C21H33N5O.HI/c1-6-22-21(25-14-20-23-11-12-26(20)15-16(2)3)24-10-9-18-13-17(4)7-8-19(18)27-5;/h7-8,11-13,16H,6,9-10,14-15H2,1-5H3,(H2,22,24,25);1H. The molecular weight excluding hydrogens is 465 g/mol. The Morgan fingerprint density at radius 1 is 1.29 bits per heavy atom. The lowest BCUT2D eigenvalue weighted by Gasteiger charge is -2.14. The molecule has 6 nitrogen and oxygen atoms in total. The van der Waals surface area contributed by atoms with Crippen molar-refractivity contribution in [3.05, 3.63) is 47.5 Å². The molecule has 0 aliphatic carbocycles. The summed E-state index contributed by atoms with van der Waals surface area (Å²) < 4.78 is 7.64. The van der Waals surface area contributed by atoms with E-state index < -0.39 is 0 Å². The molecule has 1 heterocycles. The van der Waals surface area contributed by atoms with Crippen LogP contribution in [-0.4, -0.2) is 35.7 Å². The normalized spacial score (nSPS) is 11.3. The lowest BCUT2D eigenvalue weighted by Crippen LogP contribution is -2.38. The molecule has 0 aliphatic heterocycles. The van der Waals surface area contributed by atoms with Crippen LogP contribution in [0.5, 0.6) is 5.75 Å². The van der Waals surface area contributed by atoms with Crippen LogP contribution >= 0.6 is 24.0 Å². The topological polar surface area (TPSA) is 63.5 Å². The lowest BCUT2D eigenvalue weighted by atomic mass is 10.1. The zero-order chi connectivity index (χ0) is 19.6. The van der Waals surface area contributed by atoms with Crippen LogP contribution < -0.4 is 15.4 Å². The summed E-state index contributed by atoms with van der Waals surface area (Å²) in [5, 5.41) is 6.71. The first-order valence-electron chi connectivity index (χ1n) is 9.69. The van der Waals surface area contributed by atoms with Crippen molar-refractivity contribution in [1.82, 2.24) is 20.2 Å². The summed E-state index contributed by atoms with van der Waals surface area (Å²) in [6, 6.07) is 6.27. The van der Waals surface area contributed by atoms with Gasteiger partial charge in [0.25, 0.3) is 0 Å². The summed E-state index contributed by atoms with van der Waals surface area (Å²) in [6.45, 7) is 11.7. The molecule has 7 heteroatoms. The van der Waals surface area contributed by atoms with Crippen LogP contribution in [0.25, 0.3) is 0 Å². The van der Waals surface area contributed by atoms with Crippen LogP contribution in [0.3, 0.4) is 0 Å². The minimum Gasteiger partial charge on any atom is -0.496 e. The number of nitrogens with one attached hydrogen (secondary N) is 2. The number of methoxy groups -OCH3 is 1. The van der Waals surface area contributed by atoms with Crippen molar-refractivity contribution in [2.75, 3.05) is 20.2 Å². The van der Waals surface area contributed by atoms with E-state index in [1.54, 1.807) is 7.11 Å². The monoisotopic (exact) mass is 499 g/mol. The van der Waals surface area contributed by atoms with Gasteiger partial charge in [0.1, 0.15) is 18.1 Å². The number of hydrogen-bond donors (Lipinski definition) is 2. The van der Waals surface area contributed by atoms with Gasteiger partial charge in [-0.25, -0.2) is 9.98 Å². The summed E-state index contributed by atoms with van der Waals surface area (Å²) in [7, 11) is 1.71. The highest BCUT2D eigenvalue weighted by atomic mass is 127. The Morgan fingerprint density at radius 3 is 2.75 bits per heavy atom. The number of rotatable bonds is 9. The second-order valence-electron chi connectivity index (χ2n) is 7.08. The molecule has 0 bridgehead atoms. The van der Waals surface area contributed by atoms with E-state index in [-0.39, 0.29) is 24.0 Å². The van der Waals surface area contributed by atoms with E-state index >= 15 is 0 Å². The SMILES string of the molecule is CCNC(=NCc1nccn1CC(C)C)NCCc1cc(C)ccc1OC.I. The van der Waals surface area contributed by atoms with Crippen LogP contribution in [0.4, 0.5) is 0 Å². The summed E-state index contributed by atoms with van der Waals surface area (Å²) in [5.41, 5.74) is 2.44. The molecule has 156 valence electrons. The van der Waals surface area contributed by atoms with Crippen molar-refractivity contribution in [2.24, 2.45) is 10.9 Å². The number of aryl methyl sites for hydroxylation is 1. The zero-order valence-corrected chi connectivity index (χ0v) is 20.0. The number of hydrogen-bond acceptors (Lipinski definition) is 3. The third-order valence-electron chi connectivity index (χ3n) is 4.21. The molecule has 0 unspecified atom stereocenters. The van der Waals surface area contributed by atoms with Crippen molar-refractivity contribution in [1.29, 1.82) is 0 Å². The fourth-order valence-corrected chi connectivity index (χ4v) is 2.96. The molecule has 2 N–H and O–H groups in total. The molecule has 0 amide bonds.